The Morgan fingerprint density at radius 3 is 2.25 bits per heavy atom. The molecule has 0 saturated carbocycles. The molecule has 2 aliphatic carbocycles. The van der Waals surface area contributed by atoms with Gasteiger partial charge >= 0.3 is 0 Å². The quantitative estimate of drug-likeness (QED) is 0.149. The van der Waals surface area contributed by atoms with Gasteiger partial charge in [0.15, 0.2) is 0 Å². The fourth-order valence-corrected chi connectivity index (χ4v) is 7.54. The summed E-state index contributed by atoms with van der Waals surface area (Å²) in [5.41, 5.74) is 14.0. The van der Waals surface area contributed by atoms with Crippen LogP contribution in [0.4, 0.5) is 5.69 Å². The maximum Gasteiger partial charge on any atom is 0.0500 e. The molecule has 2 heteroatoms. The number of anilines is 1. The fourth-order valence-electron chi connectivity index (χ4n) is 7.54. The average molecular weight is 761 g/mol. The molecule has 5 rings (SSSR count). The van der Waals surface area contributed by atoms with Gasteiger partial charge in [-0.15, -0.1) is 0 Å². The Bertz CT molecular complexity index is 2030. The Morgan fingerprint density at radius 2 is 1.60 bits per heavy atom. The number of rotatable bonds is 14. The van der Waals surface area contributed by atoms with Crippen LogP contribution in [0.3, 0.4) is 0 Å². The molecule has 2 nitrogen and oxygen atoms in total. The van der Waals surface area contributed by atoms with E-state index in [-0.39, 0.29) is 11.3 Å². The normalized spacial score (nSPS) is 17.5. The van der Waals surface area contributed by atoms with Crippen LogP contribution >= 0.6 is 0 Å². The van der Waals surface area contributed by atoms with E-state index < -0.39 is 0 Å². The van der Waals surface area contributed by atoms with Crippen molar-refractivity contribution in [2.24, 2.45) is 5.92 Å². The van der Waals surface area contributed by atoms with Crippen LogP contribution in [0.1, 0.15) is 127 Å². The molecule has 3 atom stereocenters. The Hall–Kier alpha value is -5.08. The number of hydrogen-bond acceptors (Lipinski definition) is 1. The van der Waals surface area contributed by atoms with Crippen molar-refractivity contribution in [2.45, 2.75) is 113 Å². The lowest BCUT2D eigenvalue weighted by Crippen LogP contribution is -2.25. The topological polar surface area (TPSA) is 8.17 Å². The molecule has 0 N–H and O–H groups in total. The van der Waals surface area contributed by atoms with Crippen molar-refractivity contribution >= 4 is 23.5 Å². The van der Waals surface area contributed by atoms with Gasteiger partial charge in [-0.1, -0.05) is 177 Å². The van der Waals surface area contributed by atoms with Crippen molar-refractivity contribution in [1.29, 1.82) is 0 Å². The van der Waals surface area contributed by atoms with Crippen LogP contribution in [0.15, 0.2) is 151 Å². The van der Waals surface area contributed by atoms with Gasteiger partial charge in [0, 0.05) is 46.8 Å². The molecule has 0 amide bonds. The lowest BCUT2D eigenvalue weighted by atomic mass is 9.76. The highest BCUT2D eigenvalue weighted by Gasteiger charge is 2.27. The summed E-state index contributed by atoms with van der Waals surface area (Å²) in [5, 5.41) is 0. The predicted octanol–water partition coefficient (Wildman–Crippen LogP) is 15.7. The van der Waals surface area contributed by atoms with Crippen LogP contribution in [-0.2, 0) is 18.3 Å². The van der Waals surface area contributed by atoms with Crippen LogP contribution in [0.2, 0.25) is 0 Å². The lowest BCUT2D eigenvalue weighted by molar-refractivity contribution is 0.599. The molecule has 1 aromatic heterocycles. The molecule has 2 aliphatic rings. The molecule has 57 heavy (non-hydrogen) atoms. The minimum absolute atomic E-state index is 0.0251. The first-order valence-electron chi connectivity index (χ1n) is 21.5. The van der Waals surface area contributed by atoms with Gasteiger partial charge in [-0.3, -0.25) is 0 Å². The average Bonchev–Trinajstić information content (AvgIpc) is 3.36. The third-order valence-electron chi connectivity index (χ3n) is 11.0. The first-order valence-corrected chi connectivity index (χ1v) is 21.5. The van der Waals surface area contributed by atoms with Crippen LogP contribution in [0.25, 0.3) is 17.8 Å². The highest BCUT2D eigenvalue weighted by molar-refractivity contribution is 5.74. The van der Waals surface area contributed by atoms with Crippen LogP contribution < -0.4 is 4.90 Å². The summed E-state index contributed by atoms with van der Waals surface area (Å²) in [6.07, 6.45) is 39.7. The molecule has 3 unspecified atom stereocenters. The summed E-state index contributed by atoms with van der Waals surface area (Å²) >= 11 is 0. The zero-order chi connectivity index (χ0) is 42.0. The number of nitrogens with zero attached hydrogens (tertiary/aromatic N) is 2. The molecule has 2 aromatic carbocycles. The van der Waals surface area contributed by atoms with Gasteiger partial charge in [0.1, 0.15) is 0 Å². The number of benzene rings is 2. The van der Waals surface area contributed by atoms with Crippen molar-refractivity contribution in [3.05, 3.63) is 191 Å². The van der Waals surface area contributed by atoms with E-state index in [0.29, 0.717) is 5.92 Å². The predicted molar refractivity (Wildman–Crippen MR) is 257 cm³/mol. The van der Waals surface area contributed by atoms with Gasteiger partial charge in [-0.25, -0.2) is 0 Å². The summed E-state index contributed by atoms with van der Waals surface area (Å²) in [5.74, 6) is 0.604. The Morgan fingerprint density at radius 1 is 0.895 bits per heavy atom. The van der Waals surface area contributed by atoms with Gasteiger partial charge in [0.25, 0.3) is 0 Å². The van der Waals surface area contributed by atoms with Gasteiger partial charge in [0.2, 0.25) is 0 Å². The maximum absolute atomic E-state index is 4.49. The molecule has 0 aliphatic heterocycles. The van der Waals surface area contributed by atoms with E-state index in [4.69, 9.17) is 0 Å². The van der Waals surface area contributed by atoms with Gasteiger partial charge in [-0.05, 0) is 116 Å². The van der Waals surface area contributed by atoms with E-state index in [0.717, 1.165) is 37.0 Å². The summed E-state index contributed by atoms with van der Waals surface area (Å²) < 4.78 is 2.43. The number of aromatic nitrogens is 1. The molecule has 3 aromatic rings. The number of allylic oxidation sites excluding steroid dienone is 16. The smallest absolute Gasteiger partial charge is 0.0500 e. The van der Waals surface area contributed by atoms with Gasteiger partial charge < -0.3 is 9.47 Å². The number of fused-ring (bicyclic) bond motifs is 1. The minimum atomic E-state index is -0.0251. The SMILES string of the molecule is C=C(/C=C\C(=C/C)N(C)c1ccccc1C1(C)C=CC=CC1)C(C)c1ccc(CC(C)/C=C\C(=C/C)n2c3c(c(C)c2/C=C\CC)CC=CC=C3)cc1.CC.CC. The molecule has 302 valence electrons. The van der Waals surface area contributed by atoms with E-state index in [2.05, 4.69) is 217 Å². The van der Waals surface area contributed by atoms with Crippen molar-refractivity contribution in [2.75, 3.05) is 11.9 Å². The second kappa shape index (κ2) is 23.2. The summed E-state index contributed by atoms with van der Waals surface area (Å²) in [7, 11) is 2.16. The van der Waals surface area contributed by atoms with E-state index in [1.165, 1.54) is 50.6 Å². The first kappa shape index (κ1) is 46.3. The number of likely N-dealkylation sites (N-methyl/N-ethyl adjacent to an activating group) is 1. The largest absolute Gasteiger partial charge is 0.345 e. The molecule has 0 bridgehead atoms. The number of para-hydroxylation sites is 1. The Labute approximate surface area is 348 Å². The Kier molecular flexibility index (Phi) is 18.9. The van der Waals surface area contributed by atoms with Gasteiger partial charge in [0.05, 0.1) is 0 Å². The zero-order valence-corrected chi connectivity index (χ0v) is 37.4. The van der Waals surface area contributed by atoms with Crippen molar-refractivity contribution in [1.82, 2.24) is 4.57 Å². The van der Waals surface area contributed by atoms with E-state index in [1.807, 2.05) is 27.7 Å². The molecule has 0 spiro atoms. The van der Waals surface area contributed by atoms with Crippen molar-refractivity contribution in [3.63, 3.8) is 0 Å². The standard InChI is InChI=1S/C51H60N2.2C2H6/c1-10-13-24-48-41(7)46-22-16-14-17-25-49(46)53(48)45(12-3)33-27-38(4)37-42-29-31-43(32-30-42)40(6)39(5)28-34-44(11-2)52(9)50-26-19-18-23-47(50)51(8)35-20-15-21-36-51;2*1-2/h11-21,23-35,38,40H,5,10,22,36-37H2,1-4,6-9H3;2*1-2H3/b24-13-,33-27-,34-28-,44-11+,45-12+;;. The van der Waals surface area contributed by atoms with Crippen LogP contribution in [-0.4, -0.2) is 11.6 Å². The van der Waals surface area contributed by atoms with E-state index in [1.54, 1.807) is 0 Å². The fraction of sp³-hybridized carbons (Fsp3) is 0.345. The molecular formula is C55H72N2. The molecule has 1 heterocycles. The third kappa shape index (κ3) is 11.7. The molecule has 0 fully saturated rings. The Balaban J connectivity index is 0.00000211. The summed E-state index contributed by atoms with van der Waals surface area (Å²) in [6.45, 7) is 28.1. The van der Waals surface area contributed by atoms with E-state index in [9.17, 15) is 0 Å². The molecule has 0 radical (unpaired) electrons. The number of hydrogen-bond donors (Lipinski definition) is 0. The van der Waals surface area contributed by atoms with Crippen LogP contribution in [0, 0.1) is 12.8 Å². The van der Waals surface area contributed by atoms with E-state index >= 15 is 0 Å². The van der Waals surface area contributed by atoms with Crippen molar-refractivity contribution in [3.8, 4) is 0 Å². The second-order valence-electron chi connectivity index (χ2n) is 14.8. The summed E-state index contributed by atoms with van der Waals surface area (Å²) in [4.78, 5) is 2.30. The molecular weight excluding hydrogens is 689 g/mol. The molecule has 0 saturated heterocycles. The second-order valence-corrected chi connectivity index (χ2v) is 14.8. The zero-order valence-electron chi connectivity index (χ0n) is 37.4. The van der Waals surface area contributed by atoms with Crippen molar-refractivity contribution < 1.29 is 0 Å². The van der Waals surface area contributed by atoms with Crippen LogP contribution in [0.5, 0.6) is 0 Å². The van der Waals surface area contributed by atoms with Gasteiger partial charge in [-0.2, -0.15) is 0 Å². The minimum Gasteiger partial charge on any atom is -0.345 e. The highest BCUT2D eigenvalue weighted by Crippen LogP contribution is 2.39. The summed E-state index contributed by atoms with van der Waals surface area (Å²) in [6, 6.07) is 17.9. The lowest BCUT2D eigenvalue weighted by Gasteiger charge is -2.33. The maximum atomic E-state index is 4.49. The third-order valence-corrected chi connectivity index (χ3v) is 11.0. The highest BCUT2D eigenvalue weighted by atomic mass is 15.1. The first-order chi connectivity index (χ1) is 27.6. The monoisotopic (exact) mass is 761 g/mol.